The van der Waals surface area contributed by atoms with Gasteiger partial charge in [-0.3, -0.25) is 4.79 Å². The minimum Gasteiger partial charge on any atom is -0.341 e. The Morgan fingerprint density at radius 1 is 0.966 bits per heavy atom. The number of alkyl halides is 3. The zero-order valence-electron chi connectivity index (χ0n) is 15.7. The Hall–Kier alpha value is -3.03. The van der Waals surface area contributed by atoms with Crippen molar-refractivity contribution in [1.29, 1.82) is 0 Å². The highest BCUT2D eigenvalue weighted by Crippen LogP contribution is 2.34. The molecular weight excluding hydrogens is 383 g/mol. The minimum atomic E-state index is -4.60. The average Bonchev–Trinajstić information content (AvgIpc) is 3.22. The van der Waals surface area contributed by atoms with Gasteiger partial charge in [-0.15, -0.1) is 0 Å². The lowest BCUT2D eigenvalue weighted by Gasteiger charge is -2.24. The third-order valence-corrected chi connectivity index (χ3v) is 4.78. The Morgan fingerprint density at radius 2 is 1.59 bits per heavy atom. The highest BCUT2D eigenvalue weighted by molar-refractivity contribution is 5.94. The maximum absolute atomic E-state index is 13.1. The van der Waals surface area contributed by atoms with Crippen LogP contribution < -0.4 is 10.6 Å². The van der Waals surface area contributed by atoms with E-state index in [1.807, 2.05) is 30.3 Å². The monoisotopic (exact) mass is 405 g/mol. The first kappa shape index (κ1) is 20.7. The van der Waals surface area contributed by atoms with E-state index >= 15 is 0 Å². The molecule has 0 aliphatic carbocycles. The molecule has 0 spiro atoms. The Kier molecular flexibility index (Phi) is 6.41. The van der Waals surface area contributed by atoms with Crippen LogP contribution >= 0.6 is 0 Å². The van der Waals surface area contributed by atoms with Gasteiger partial charge >= 0.3 is 12.2 Å². The van der Waals surface area contributed by atoms with Crippen LogP contribution in [-0.4, -0.2) is 36.0 Å². The van der Waals surface area contributed by atoms with E-state index in [1.165, 1.54) is 18.2 Å². The summed E-state index contributed by atoms with van der Waals surface area (Å²) in [5.74, 6) is -0.231. The van der Waals surface area contributed by atoms with Crippen molar-refractivity contribution in [1.82, 2.24) is 10.2 Å². The van der Waals surface area contributed by atoms with E-state index < -0.39 is 23.8 Å². The number of hydrogen-bond donors (Lipinski definition) is 2. The number of benzene rings is 2. The summed E-state index contributed by atoms with van der Waals surface area (Å²) in [5, 5.41) is 4.80. The van der Waals surface area contributed by atoms with Crippen LogP contribution in [-0.2, 0) is 17.4 Å². The molecule has 29 heavy (non-hydrogen) atoms. The van der Waals surface area contributed by atoms with Gasteiger partial charge in [0.25, 0.3) is 0 Å². The van der Waals surface area contributed by atoms with E-state index in [0.717, 1.165) is 24.5 Å². The van der Waals surface area contributed by atoms with Crippen molar-refractivity contribution in [2.45, 2.75) is 31.5 Å². The number of nitrogens with one attached hydrogen (secondary N) is 2. The van der Waals surface area contributed by atoms with E-state index in [9.17, 15) is 22.8 Å². The van der Waals surface area contributed by atoms with E-state index in [0.29, 0.717) is 13.1 Å². The number of carbonyl (C=O) groups excluding carboxylic acids is 2. The number of rotatable bonds is 5. The number of likely N-dealkylation sites (tertiary alicyclic amines) is 1. The minimum absolute atomic E-state index is 0.231. The van der Waals surface area contributed by atoms with Crippen molar-refractivity contribution in [3.63, 3.8) is 0 Å². The molecule has 1 fully saturated rings. The van der Waals surface area contributed by atoms with Gasteiger partial charge in [0, 0.05) is 19.5 Å². The zero-order valence-corrected chi connectivity index (χ0v) is 15.7. The van der Waals surface area contributed by atoms with Crippen LogP contribution in [0.15, 0.2) is 54.6 Å². The third-order valence-electron chi connectivity index (χ3n) is 4.78. The lowest BCUT2D eigenvalue weighted by atomic mass is 10.0. The van der Waals surface area contributed by atoms with Crippen LogP contribution in [0.3, 0.4) is 0 Å². The predicted molar refractivity (Wildman–Crippen MR) is 103 cm³/mol. The summed E-state index contributed by atoms with van der Waals surface area (Å²) in [6.07, 6.45) is -2.55. The molecule has 0 radical (unpaired) electrons. The average molecular weight is 405 g/mol. The maximum Gasteiger partial charge on any atom is 0.418 e. The summed E-state index contributed by atoms with van der Waals surface area (Å²) in [4.78, 5) is 27.0. The van der Waals surface area contributed by atoms with Gasteiger partial charge in [-0.2, -0.15) is 13.2 Å². The van der Waals surface area contributed by atoms with E-state index in [2.05, 4.69) is 10.6 Å². The van der Waals surface area contributed by atoms with Crippen LogP contribution in [0.1, 0.15) is 24.0 Å². The summed E-state index contributed by atoms with van der Waals surface area (Å²) in [6, 6.07) is 12.2. The normalized spacial score (nSPS) is 15.1. The topological polar surface area (TPSA) is 61.4 Å². The molecule has 1 aliphatic rings. The highest BCUT2D eigenvalue weighted by atomic mass is 19.4. The standard InChI is InChI=1S/C21H22F3N3O2/c22-21(23,24)16-10-4-5-11-17(16)25-20(29)26-18(14-15-8-2-1-3-9-15)19(28)27-12-6-7-13-27/h1-5,8-11,18H,6-7,12-14H2,(H2,25,26,29). The molecule has 154 valence electrons. The van der Waals surface area contributed by atoms with Crippen molar-refractivity contribution in [3.05, 3.63) is 65.7 Å². The summed E-state index contributed by atoms with van der Waals surface area (Å²) in [5.41, 5.74) is -0.453. The molecule has 2 N–H and O–H groups in total. The molecule has 1 atom stereocenters. The van der Waals surface area contributed by atoms with Crippen molar-refractivity contribution in [3.8, 4) is 0 Å². The highest BCUT2D eigenvalue weighted by Gasteiger charge is 2.34. The fourth-order valence-corrected chi connectivity index (χ4v) is 3.36. The summed E-state index contributed by atoms with van der Waals surface area (Å²) in [7, 11) is 0. The second kappa shape index (κ2) is 8.98. The first-order valence-corrected chi connectivity index (χ1v) is 9.41. The number of hydrogen-bond acceptors (Lipinski definition) is 2. The fraction of sp³-hybridized carbons (Fsp3) is 0.333. The molecule has 0 bridgehead atoms. The van der Waals surface area contributed by atoms with Crippen molar-refractivity contribution >= 4 is 17.6 Å². The quantitative estimate of drug-likeness (QED) is 0.788. The molecule has 3 rings (SSSR count). The number of halogens is 3. The Balaban J connectivity index is 1.75. The lowest BCUT2D eigenvalue weighted by Crippen LogP contribution is -2.50. The Bertz CT molecular complexity index is 850. The Morgan fingerprint density at radius 3 is 2.24 bits per heavy atom. The summed E-state index contributed by atoms with van der Waals surface area (Å²) in [6.45, 7) is 1.23. The van der Waals surface area contributed by atoms with Gasteiger partial charge in [-0.1, -0.05) is 42.5 Å². The SMILES string of the molecule is O=C(Nc1ccccc1C(F)(F)F)NC(Cc1ccccc1)C(=O)N1CCCC1. The van der Waals surface area contributed by atoms with Crippen molar-refractivity contribution < 1.29 is 22.8 Å². The first-order chi connectivity index (χ1) is 13.8. The van der Waals surface area contributed by atoms with Gasteiger partial charge in [0.15, 0.2) is 0 Å². The molecule has 0 aromatic heterocycles. The second-order valence-corrected chi connectivity index (χ2v) is 6.92. The zero-order chi connectivity index (χ0) is 20.9. The van der Waals surface area contributed by atoms with Crippen LogP contribution in [0.25, 0.3) is 0 Å². The van der Waals surface area contributed by atoms with Crippen LogP contribution in [0.2, 0.25) is 0 Å². The van der Waals surface area contributed by atoms with Gasteiger partial charge in [-0.05, 0) is 30.5 Å². The first-order valence-electron chi connectivity index (χ1n) is 9.41. The van der Waals surface area contributed by atoms with E-state index in [-0.39, 0.29) is 18.0 Å². The van der Waals surface area contributed by atoms with Gasteiger partial charge in [0.2, 0.25) is 5.91 Å². The van der Waals surface area contributed by atoms with Crippen LogP contribution in [0, 0.1) is 0 Å². The molecule has 0 saturated carbocycles. The van der Waals surface area contributed by atoms with Gasteiger partial charge in [0.1, 0.15) is 6.04 Å². The molecule has 5 nitrogen and oxygen atoms in total. The second-order valence-electron chi connectivity index (χ2n) is 6.92. The predicted octanol–water partition coefficient (Wildman–Crippen LogP) is 4.06. The number of urea groups is 1. The fourth-order valence-electron chi connectivity index (χ4n) is 3.36. The van der Waals surface area contributed by atoms with Crippen LogP contribution in [0.5, 0.6) is 0 Å². The van der Waals surface area contributed by atoms with E-state index in [1.54, 1.807) is 4.90 Å². The number of nitrogens with zero attached hydrogens (tertiary/aromatic N) is 1. The lowest BCUT2D eigenvalue weighted by molar-refractivity contribution is -0.137. The number of carbonyl (C=O) groups is 2. The summed E-state index contributed by atoms with van der Waals surface area (Å²) >= 11 is 0. The van der Waals surface area contributed by atoms with Gasteiger partial charge in [0.05, 0.1) is 11.3 Å². The van der Waals surface area contributed by atoms with Crippen LogP contribution in [0.4, 0.5) is 23.7 Å². The number of amides is 3. The number of anilines is 1. The smallest absolute Gasteiger partial charge is 0.341 e. The molecule has 2 aromatic rings. The maximum atomic E-state index is 13.1. The molecule has 8 heteroatoms. The molecule has 1 aliphatic heterocycles. The Labute approximate surface area is 166 Å². The number of para-hydroxylation sites is 1. The molecular formula is C21H22F3N3O2. The molecule has 1 saturated heterocycles. The van der Waals surface area contributed by atoms with Gasteiger partial charge in [-0.25, -0.2) is 4.79 Å². The van der Waals surface area contributed by atoms with E-state index in [4.69, 9.17) is 0 Å². The largest absolute Gasteiger partial charge is 0.418 e. The molecule has 1 unspecified atom stereocenters. The van der Waals surface area contributed by atoms with Gasteiger partial charge < -0.3 is 15.5 Å². The third kappa shape index (κ3) is 5.49. The molecule has 2 aromatic carbocycles. The van der Waals surface area contributed by atoms with Crippen molar-refractivity contribution in [2.75, 3.05) is 18.4 Å². The molecule has 3 amide bonds. The summed E-state index contributed by atoms with van der Waals surface area (Å²) < 4.78 is 39.4. The van der Waals surface area contributed by atoms with Crippen molar-refractivity contribution in [2.24, 2.45) is 0 Å². The molecule has 1 heterocycles.